The van der Waals surface area contributed by atoms with E-state index in [2.05, 4.69) is 24.0 Å². The van der Waals surface area contributed by atoms with Crippen molar-refractivity contribution < 1.29 is 19.1 Å². The third kappa shape index (κ3) is 8.62. The molecule has 1 heterocycles. The van der Waals surface area contributed by atoms with E-state index in [1.165, 1.54) is 10.9 Å². The standard InChI is InChI=1S/C31H43N3O4/c1-4-5-6-7-17-30(35)33(19-12-21-37-2)24-31(36)34(23-26-13-8-11-16-29(26)38-3)20-18-25-22-32-28-15-10-9-14-27(25)28/h8-11,13-16,22,32H,4-7,12,17-21,23-24H2,1-3H3. The molecule has 3 aromatic rings. The van der Waals surface area contributed by atoms with Crippen molar-refractivity contribution in [3.05, 3.63) is 65.9 Å². The first-order valence-electron chi connectivity index (χ1n) is 13.8. The van der Waals surface area contributed by atoms with Crippen LogP contribution in [0.5, 0.6) is 5.75 Å². The monoisotopic (exact) mass is 521 g/mol. The Morgan fingerprint density at radius 3 is 2.42 bits per heavy atom. The van der Waals surface area contributed by atoms with Crippen LogP contribution in [0.4, 0.5) is 0 Å². The number of para-hydroxylation sites is 2. The van der Waals surface area contributed by atoms with Crippen molar-refractivity contribution >= 4 is 22.7 Å². The van der Waals surface area contributed by atoms with Gasteiger partial charge in [-0.2, -0.15) is 0 Å². The molecule has 0 atom stereocenters. The van der Waals surface area contributed by atoms with E-state index in [4.69, 9.17) is 9.47 Å². The molecule has 0 bridgehead atoms. The second-order valence-electron chi connectivity index (χ2n) is 9.71. The quantitative estimate of drug-likeness (QED) is 0.235. The first kappa shape index (κ1) is 29.2. The Labute approximate surface area is 227 Å². The van der Waals surface area contributed by atoms with Gasteiger partial charge in [-0.05, 0) is 37.0 Å². The first-order valence-corrected chi connectivity index (χ1v) is 13.8. The lowest BCUT2D eigenvalue weighted by Crippen LogP contribution is -2.44. The SMILES string of the molecule is CCCCCCC(=O)N(CCCOC)CC(=O)N(CCc1c[nH]c2ccccc12)Cc1ccccc1OC. The van der Waals surface area contributed by atoms with Gasteiger partial charge in [-0.1, -0.05) is 62.6 Å². The maximum Gasteiger partial charge on any atom is 0.242 e. The van der Waals surface area contributed by atoms with E-state index in [0.717, 1.165) is 42.5 Å². The van der Waals surface area contributed by atoms with Gasteiger partial charge in [0.05, 0.1) is 13.7 Å². The summed E-state index contributed by atoms with van der Waals surface area (Å²) in [6.07, 6.45) is 8.04. The smallest absolute Gasteiger partial charge is 0.242 e. The number of H-pyrrole nitrogens is 1. The minimum atomic E-state index is -0.0601. The highest BCUT2D eigenvalue weighted by molar-refractivity contribution is 5.85. The number of aromatic amines is 1. The molecule has 206 valence electrons. The zero-order valence-corrected chi connectivity index (χ0v) is 23.2. The molecular formula is C31H43N3O4. The Morgan fingerprint density at radius 1 is 0.842 bits per heavy atom. The average Bonchev–Trinajstić information content (AvgIpc) is 3.36. The Hall–Kier alpha value is -3.32. The minimum Gasteiger partial charge on any atom is -0.496 e. The fourth-order valence-corrected chi connectivity index (χ4v) is 4.74. The molecule has 1 aromatic heterocycles. The van der Waals surface area contributed by atoms with Crippen molar-refractivity contribution in [3.63, 3.8) is 0 Å². The number of hydrogen-bond donors (Lipinski definition) is 1. The maximum atomic E-state index is 13.7. The second-order valence-corrected chi connectivity index (χ2v) is 9.71. The van der Waals surface area contributed by atoms with Gasteiger partial charge in [0.15, 0.2) is 0 Å². The summed E-state index contributed by atoms with van der Waals surface area (Å²) in [6, 6.07) is 16.0. The van der Waals surface area contributed by atoms with Gasteiger partial charge in [-0.3, -0.25) is 9.59 Å². The zero-order chi connectivity index (χ0) is 27.2. The topological polar surface area (TPSA) is 74.9 Å². The van der Waals surface area contributed by atoms with Crippen LogP contribution in [-0.2, 0) is 27.3 Å². The number of carbonyl (C=O) groups excluding carboxylic acids is 2. The number of nitrogens with zero attached hydrogens (tertiary/aromatic N) is 2. The summed E-state index contributed by atoms with van der Waals surface area (Å²) in [7, 11) is 3.30. The molecule has 0 aliphatic rings. The van der Waals surface area contributed by atoms with Crippen molar-refractivity contribution in [3.8, 4) is 5.75 Å². The largest absolute Gasteiger partial charge is 0.496 e. The van der Waals surface area contributed by atoms with Gasteiger partial charge in [0, 0.05) is 62.4 Å². The van der Waals surface area contributed by atoms with Gasteiger partial charge < -0.3 is 24.3 Å². The van der Waals surface area contributed by atoms with E-state index in [1.807, 2.05) is 47.5 Å². The molecule has 0 aliphatic heterocycles. The Bertz CT molecular complexity index is 1140. The molecule has 2 amide bonds. The van der Waals surface area contributed by atoms with Crippen molar-refractivity contribution in [2.24, 2.45) is 0 Å². The summed E-state index contributed by atoms with van der Waals surface area (Å²) in [5.41, 5.74) is 3.20. The maximum absolute atomic E-state index is 13.7. The van der Waals surface area contributed by atoms with Crippen LogP contribution in [0.3, 0.4) is 0 Å². The normalized spacial score (nSPS) is 11.0. The lowest BCUT2D eigenvalue weighted by atomic mass is 10.1. The molecule has 0 fully saturated rings. The third-order valence-corrected chi connectivity index (χ3v) is 6.93. The van der Waals surface area contributed by atoms with Crippen LogP contribution < -0.4 is 4.74 Å². The molecule has 0 radical (unpaired) electrons. The van der Waals surface area contributed by atoms with E-state index in [0.29, 0.717) is 45.5 Å². The molecule has 38 heavy (non-hydrogen) atoms. The van der Waals surface area contributed by atoms with Gasteiger partial charge in [0.25, 0.3) is 0 Å². The summed E-state index contributed by atoms with van der Waals surface area (Å²) in [5, 5.41) is 1.17. The predicted molar refractivity (Wildman–Crippen MR) is 152 cm³/mol. The number of amides is 2. The fourth-order valence-electron chi connectivity index (χ4n) is 4.74. The lowest BCUT2D eigenvalue weighted by Gasteiger charge is -2.28. The van der Waals surface area contributed by atoms with E-state index in [-0.39, 0.29) is 18.4 Å². The molecule has 3 rings (SSSR count). The van der Waals surface area contributed by atoms with Gasteiger partial charge in [0.1, 0.15) is 5.75 Å². The molecule has 1 N–H and O–H groups in total. The van der Waals surface area contributed by atoms with Crippen molar-refractivity contribution in [2.75, 3.05) is 40.5 Å². The van der Waals surface area contributed by atoms with Crippen molar-refractivity contribution in [2.45, 2.75) is 58.4 Å². The number of aromatic nitrogens is 1. The average molecular weight is 522 g/mol. The number of benzene rings is 2. The number of methoxy groups -OCH3 is 2. The molecule has 0 saturated heterocycles. The van der Waals surface area contributed by atoms with Crippen LogP contribution in [0.15, 0.2) is 54.7 Å². The molecule has 0 spiro atoms. The van der Waals surface area contributed by atoms with Gasteiger partial charge in [-0.15, -0.1) is 0 Å². The number of carbonyl (C=O) groups is 2. The second kappa shape index (κ2) is 15.8. The van der Waals surface area contributed by atoms with Crippen LogP contribution in [0.25, 0.3) is 10.9 Å². The Balaban J connectivity index is 1.76. The zero-order valence-electron chi connectivity index (χ0n) is 23.2. The molecule has 7 nitrogen and oxygen atoms in total. The van der Waals surface area contributed by atoms with Crippen LogP contribution in [0.2, 0.25) is 0 Å². The minimum absolute atomic E-state index is 0.0411. The highest BCUT2D eigenvalue weighted by Gasteiger charge is 2.22. The van der Waals surface area contributed by atoms with E-state index in [9.17, 15) is 9.59 Å². The fraction of sp³-hybridized carbons (Fsp3) is 0.484. The number of unbranched alkanes of at least 4 members (excludes halogenated alkanes) is 3. The van der Waals surface area contributed by atoms with E-state index in [1.54, 1.807) is 19.1 Å². The van der Waals surface area contributed by atoms with Crippen LogP contribution in [-0.4, -0.2) is 67.1 Å². The van der Waals surface area contributed by atoms with Gasteiger partial charge >= 0.3 is 0 Å². The molecular weight excluding hydrogens is 478 g/mol. The lowest BCUT2D eigenvalue weighted by molar-refractivity contribution is -0.141. The number of fused-ring (bicyclic) bond motifs is 1. The van der Waals surface area contributed by atoms with E-state index < -0.39 is 0 Å². The highest BCUT2D eigenvalue weighted by Crippen LogP contribution is 2.22. The summed E-state index contributed by atoms with van der Waals surface area (Å²) < 4.78 is 10.8. The van der Waals surface area contributed by atoms with Crippen molar-refractivity contribution in [1.82, 2.24) is 14.8 Å². The summed E-state index contributed by atoms with van der Waals surface area (Å²) in [6.45, 7) is 4.25. The highest BCUT2D eigenvalue weighted by atomic mass is 16.5. The summed E-state index contributed by atoms with van der Waals surface area (Å²) >= 11 is 0. The first-order chi connectivity index (χ1) is 18.6. The molecule has 0 aliphatic carbocycles. The van der Waals surface area contributed by atoms with Crippen molar-refractivity contribution in [1.29, 1.82) is 0 Å². The Morgan fingerprint density at radius 2 is 1.63 bits per heavy atom. The van der Waals surface area contributed by atoms with E-state index >= 15 is 0 Å². The third-order valence-electron chi connectivity index (χ3n) is 6.93. The number of nitrogens with one attached hydrogen (secondary N) is 1. The van der Waals surface area contributed by atoms with Crippen LogP contribution in [0, 0.1) is 0 Å². The summed E-state index contributed by atoms with van der Waals surface area (Å²) in [5.74, 6) is 0.732. The predicted octanol–water partition coefficient (Wildman–Crippen LogP) is 5.58. The summed E-state index contributed by atoms with van der Waals surface area (Å²) in [4.78, 5) is 33.7. The molecule has 0 unspecified atom stereocenters. The molecule has 0 saturated carbocycles. The number of hydrogen-bond acceptors (Lipinski definition) is 4. The van der Waals surface area contributed by atoms with Gasteiger partial charge in [-0.25, -0.2) is 0 Å². The number of ether oxygens (including phenoxy) is 2. The number of rotatable bonds is 17. The molecule has 2 aromatic carbocycles. The van der Waals surface area contributed by atoms with Crippen LogP contribution in [0.1, 0.15) is 56.6 Å². The van der Waals surface area contributed by atoms with Crippen LogP contribution >= 0.6 is 0 Å². The Kier molecular flexibility index (Phi) is 12.2. The van der Waals surface area contributed by atoms with Gasteiger partial charge in [0.2, 0.25) is 11.8 Å². The molecule has 7 heteroatoms.